The Morgan fingerprint density at radius 3 is 2.95 bits per heavy atom. The van der Waals surface area contributed by atoms with Crippen LogP contribution in [-0.4, -0.2) is 29.3 Å². The monoisotopic (exact) mass is 294 g/mol. The highest BCUT2D eigenvalue weighted by Crippen LogP contribution is 2.26. The van der Waals surface area contributed by atoms with Gasteiger partial charge in [0.25, 0.3) is 5.91 Å². The highest BCUT2D eigenvalue weighted by Gasteiger charge is 2.11. The summed E-state index contributed by atoms with van der Waals surface area (Å²) in [6.07, 6.45) is 1.82. The normalized spacial score (nSPS) is 10.5. The van der Waals surface area contributed by atoms with Crippen LogP contribution in [-0.2, 0) is 11.3 Å². The molecule has 1 heterocycles. The summed E-state index contributed by atoms with van der Waals surface area (Å²) in [5.41, 5.74) is 1.06. The Kier molecular flexibility index (Phi) is 4.65. The molecule has 2 N–H and O–H groups in total. The average molecular weight is 295 g/mol. The molecular formula is C14H15ClN2O3. The number of nitrogens with one attached hydrogen (secondary N) is 1. The summed E-state index contributed by atoms with van der Waals surface area (Å²) in [5, 5.41) is 12.3. The first-order chi connectivity index (χ1) is 9.61. The van der Waals surface area contributed by atoms with E-state index in [1.165, 1.54) is 12.1 Å². The number of aromatic hydroxyl groups is 1. The highest BCUT2D eigenvalue weighted by atomic mass is 35.5. The fourth-order valence-electron chi connectivity index (χ4n) is 1.78. The van der Waals surface area contributed by atoms with Crippen LogP contribution in [0.3, 0.4) is 0 Å². The second kappa shape index (κ2) is 6.45. The molecule has 0 saturated heterocycles. The first kappa shape index (κ1) is 14.4. The number of benzene rings is 1. The van der Waals surface area contributed by atoms with E-state index in [1.54, 1.807) is 29.9 Å². The molecule has 1 aromatic heterocycles. The van der Waals surface area contributed by atoms with Crippen LogP contribution >= 0.6 is 11.6 Å². The largest absolute Gasteiger partial charge is 0.506 e. The molecule has 0 bridgehead atoms. The molecule has 0 aliphatic heterocycles. The number of ether oxygens (including phenoxy) is 1. The van der Waals surface area contributed by atoms with Crippen molar-refractivity contribution in [2.24, 2.45) is 0 Å². The molecule has 1 aromatic carbocycles. The molecule has 20 heavy (non-hydrogen) atoms. The van der Waals surface area contributed by atoms with Gasteiger partial charge in [-0.25, -0.2) is 0 Å². The van der Waals surface area contributed by atoms with E-state index in [4.69, 9.17) is 16.3 Å². The van der Waals surface area contributed by atoms with Crippen LogP contribution in [0.15, 0.2) is 36.5 Å². The molecule has 0 spiro atoms. The number of aromatic nitrogens is 1. The number of phenols is 1. The number of halogens is 1. The molecule has 0 radical (unpaired) electrons. The average Bonchev–Trinajstić information content (AvgIpc) is 2.89. The number of amides is 1. The Hall–Kier alpha value is -1.98. The number of rotatable bonds is 5. The molecule has 6 heteroatoms. The van der Waals surface area contributed by atoms with Crippen molar-refractivity contribution in [2.75, 3.05) is 19.0 Å². The second-order valence-corrected chi connectivity index (χ2v) is 4.61. The minimum Gasteiger partial charge on any atom is -0.506 e. The van der Waals surface area contributed by atoms with E-state index in [1.807, 2.05) is 6.20 Å². The summed E-state index contributed by atoms with van der Waals surface area (Å²) < 4.78 is 6.81. The number of nitrogens with zero attached hydrogens (tertiary/aromatic N) is 1. The van der Waals surface area contributed by atoms with Crippen molar-refractivity contribution in [3.8, 4) is 5.75 Å². The van der Waals surface area contributed by atoms with Crippen LogP contribution in [0.5, 0.6) is 5.75 Å². The van der Waals surface area contributed by atoms with E-state index >= 15 is 0 Å². The van der Waals surface area contributed by atoms with Gasteiger partial charge in [0.2, 0.25) is 0 Å². The molecule has 2 aromatic rings. The van der Waals surface area contributed by atoms with Crippen LogP contribution < -0.4 is 5.32 Å². The number of carbonyl (C=O) groups is 1. The predicted octanol–water partition coefficient (Wildman–Crippen LogP) is 2.75. The number of hydrogen-bond acceptors (Lipinski definition) is 3. The van der Waals surface area contributed by atoms with Gasteiger partial charge in [-0.15, -0.1) is 0 Å². The molecule has 0 atom stereocenters. The van der Waals surface area contributed by atoms with Gasteiger partial charge in [-0.3, -0.25) is 4.79 Å². The second-order valence-electron chi connectivity index (χ2n) is 4.20. The van der Waals surface area contributed by atoms with Gasteiger partial charge in [0.1, 0.15) is 11.4 Å². The van der Waals surface area contributed by atoms with E-state index < -0.39 is 0 Å². The third-order valence-corrected chi connectivity index (χ3v) is 3.11. The Morgan fingerprint density at radius 2 is 2.25 bits per heavy atom. The fourth-order valence-corrected chi connectivity index (χ4v) is 1.97. The predicted molar refractivity (Wildman–Crippen MR) is 77.4 cm³/mol. The molecule has 5 nitrogen and oxygen atoms in total. The van der Waals surface area contributed by atoms with Gasteiger partial charge in [-0.05, 0) is 30.3 Å². The van der Waals surface area contributed by atoms with E-state index in [0.29, 0.717) is 24.5 Å². The van der Waals surface area contributed by atoms with Crippen molar-refractivity contribution in [3.05, 3.63) is 47.2 Å². The molecule has 1 amide bonds. The molecule has 106 valence electrons. The van der Waals surface area contributed by atoms with E-state index in [2.05, 4.69) is 5.32 Å². The van der Waals surface area contributed by atoms with Gasteiger partial charge in [0.05, 0.1) is 11.6 Å². The zero-order valence-electron chi connectivity index (χ0n) is 11.0. The van der Waals surface area contributed by atoms with Crippen molar-refractivity contribution in [2.45, 2.75) is 6.54 Å². The van der Waals surface area contributed by atoms with Crippen molar-refractivity contribution in [1.29, 1.82) is 0 Å². The summed E-state index contributed by atoms with van der Waals surface area (Å²) in [6.45, 7) is 1.13. The van der Waals surface area contributed by atoms with Crippen LogP contribution in [0.1, 0.15) is 10.5 Å². The first-order valence-corrected chi connectivity index (χ1v) is 6.43. The number of methoxy groups -OCH3 is 1. The lowest BCUT2D eigenvalue weighted by molar-refractivity contribution is 0.101. The number of anilines is 1. The summed E-state index contributed by atoms with van der Waals surface area (Å²) >= 11 is 5.80. The number of carbonyl (C=O) groups excluding carboxylic acids is 1. The van der Waals surface area contributed by atoms with Gasteiger partial charge in [-0.1, -0.05) is 11.6 Å². The topological polar surface area (TPSA) is 63.5 Å². The summed E-state index contributed by atoms with van der Waals surface area (Å²) in [4.78, 5) is 12.2. The maximum Gasteiger partial charge on any atom is 0.272 e. The third-order valence-electron chi connectivity index (χ3n) is 2.80. The minimum absolute atomic E-state index is 0.0202. The van der Waals surface area contributed by atoms with Crippen LogP contribution in [0.4, 0.5) is 5.69 Å². The smallest absolute Gasteiger partial charge is 0.272 e. The fraction of sp³-hybridized carbons (Fsp3) is 0.214. The Bertz CT molecular complexity index is 610. The van der Waals surface area contributed by atoms with E-state index in [0.717, 1.165) is 0 Å². The van der Waals surface area contributed by atoms with E-state index in [9.17, 15) is 9.90 Å². The zero-order valence-corrected chi connectivity index (χ0v) is 11.7. The maximum absolute atomic E-state index is 12.2. The number of hydrogen-bond donors (Lipinski definition) is 2. The molecule has 2 rings (SSSR count). The Labute approximate surface area is 121 Å². The van der Waals surface area contributed by atoms with Crippen LogP contribution in [0, 0.1) is 0 Å². The molecule has 0 aliphatic rings. The molecule has 0 unspecified atom stereocenters. The summed E-state index contributed by atoms with van der Waals surface area (Å²) in [5.74, 6) is -0.263. The lowest BCUT2D eigenvalue weighted by atomic mass is 10.3. The highest BCUT2D eigenvalue weighted by molar-refractivity contribution is 6.32. The third kappa shape index (κ3) is 3.31. The SMILES string of the molecule is COCCn1cccc1C(=O)Nc1ccc(O)c(Cl)c1. The zero-order chi connectivity index (χ0) is 14.5. The summed E-state index contributed by atoms with van der Waals surface area (Å²) in [6, 6.07) is 8.04. The molecule has 0 saturated carbocycles. The minimum atomic E-state index is -0.243. The van der Waals surface area contributed by atoms with Crippen molar-refractivity contribution in [3.63, 3.8) is 0 Å². The lowest BCUT2D eigenvalue weighted by Crippen LogP contribution is -2.18. The lowest BCUT2D eigenvalue weighted by Gasteiger charge is -2.10. The van der Waals surface area contributed by atoms with Gasteiger partial charge in [0, 0.05) is 25.5 Å². The standard InChI is InChI=1S/C14H15ClN2O3/c1-20-8-7-17-6-2-3-12(17)14(19)16-10-4-5-13(18)11(15)9-10/h2-6,9,18H,7-8H2,1H3,(H,16,19). The van der Waals surface area contributed by atoms with Crippen molar-refractivity contribution < 1.29 is 14.6 Å². The first-order valence-electron chi connectivity index (χ1n) is 6.06. The molecule has 0 fully saturated rings. The Morgan fingerprint density at radius 1 is 1.45 bits per heavy atom. The van der Waals surface area contributed by atoms with Crippen LogP contribution in [0.25, 0.3) is 0 Å². The van der Waals surface area contributed by atoms with Crippen LogP contribution in [0.2, 0.25) is 5.02 Å². The Balaban J connectivity index is 2.11. The van der Waals surface area contributed by atoms with Gasteiger partial charge in [-0.2, -0.15) is 0 Å². The maximum atomic E-state index is 12.2. The van der Waals surface area contributed by atoms with Gasteiger partial charge in [0.15, 0.2) is 0 Å². The number of phenolic OH excluding ortho intramolecular Hbond substituents is 1. The van der Waals surface area contributed by atoms with E-state index in [-0.39, 0.29) is 16.7 Å². The van der Waals surface area contributed by atoms with Gasteiger partial charge < -0.3 is 19.7 Å². The molecule has 0 aliphatic carbocycles. The van der Waals surface area contributed by atoms with Gasteiger partial charge >= 0.3 is 0 Å². The summed E-state index contributed by atoms with van der Waals surface area (Å²) in [7, 11) is 1.61. The quantitative estimate of drug-likeness (QED) is 0.834. The molecular weight excluding hydrogens is 280 g/mol. The van der Waals surface area contributed by atoms with Crippen molar-refractivity contribution >= 4 is 23.2 Å². The van der Waals surface area contributed by atoms with Crippen molar-refractivity contribution in [1.82, 2.24) is 4.57 Å².